The van der Waals surface area contributed by atoms with Crippen LogP contribution in [0.15, 0.2) is 12.4 Å². The minimum Gasteiger partial charge on any atom is -0.343 e. The number of aryl methyl sites for hydroxylation is 1. The van der Waals surface area contributed by atoms with Gasteiger partial charge < -0.3 is 10.2 Å². The second kappa shape index (κ2) is 6.28. The molecule has 1 aromatic rings. The molecule has 1 aliphatic heterocycles. The number of nitrogens with zero attached hydrogens (tertiary/aromatic N) is 3. The lowest BCUT2D eigenvalue weighted by Gasteiger charge is -2.39. The van der Waals surface area contributed by atoms with Gasteiger partial charge in [-0.3, -0.25) is 14.3 Å². The van der Waals surface area contributed by atoms with Gasteiger partial charge >= 0.3 is 0 Å². The van der Waals surface area contributed by atoms with E-state index in [0.29, 0.717) is 25.3 Å². The van der Waals surface area contributed by atoms with E-state index in [1.807, 2.05) is 20.2 Å². The van der Waals surface area contributed by atoms with E-state index in [4.69, 9.17) is 0 Å². The highest BCUT2D eigenvalue weighted by Crippen LogP contribution is 2.21. The van der Waals surface area contributed by atoms with Crippen LogP contribution in [0.5, 0.6) is 0 Å². The molecule has 0 spiro atoms. The van der Waals surface area contributed by atoms with Crippen LogP contribution in [0, 0.1) is 5.92 Å². The summed E-state index contributed by atoms with van der Waals surface area (Å²) in [7, 11) is 1.84. The minimum absolute atomic E-state index is 0.00611. The Balaban J connectivity index is 2.23. The summed E-state index contributed by atoms with van der Waals surface area (Å²) in [4.78, 5) is 26.6. The van der Waals surface area contributed by atoms with Gasteiger partial charge in [-0.05, 0) is 18.8 Å². The SMILES string of the molecule is CCC1NC(=O)C(CC(C)C)N(Cc2cnn(C)c2)C1=O. The van der Waals surface area contributed by atoms with Crippen molar-refractivity contribution in [3.63, 3.8) is 0 Å². The van der Waals surface area contributed by atoms with Gasteiger partial charge in [0.15, 0.2) is 0 Å². The molecule has 21 heavy (non-hydrogen) atoms. The summed E-state index contributed by atoms with van der Waals surface area (Å²) in [6.45, 7) is 6.47. The number of aromatic nitrogens is 2. The predicted molar refractivity (Wildman–Crippen MR) is 79.2 cm³/mol. The Labute approximate surface area is 125 Å². The monoisotopic (exact) mass is 292 g/mol. The molecule has 0 aromatic carbocycles. The molecule has 6 nitrogen and oxygen atoms in total. The van der Waals surface area contributed by atoms with Crippen molar-refractivity contribution in [2.45, 2.75) is 52.2 Å². The second-order valence-electron chi connectivity index (χ2n) is 6.10. The molecule has 1 N–H and O–H groups in total. The van der Waals surface area contributed by atoms with Crippen molar-refractivity contribution in [1.29, 1.82) is 0 Å². The average Bonchev–Trinajstić information content (AvgIpc) is 2.82. The lowest BCUT2D eigenvalue weighted by Crippen LogP contribution is -2.62. The molecule has 0 saturated carbocycles. The van der Waals surface area contributed by atoms with Gasteiger partial charge in [0.05, 0.1) is 6.20 Å². The van der Waals surface area contributed by atoms with Gasteiger partial charge in [-0.15, -0.1) is 0 Å². The maximum Gasteiger partial charge on any atom is 0.246 e. The number of amides is 2. The van der Waals surface area contributed by atoms with Crippen LogP contribution in [0.25, 0.3) is 0 Å². The van der Waals surface area contributed by atoms with E-state index in [-0.39, 0.29) is 17.9 Å². The first-order valence-corrected chi connectivity index (χ1v) is 7.50. The highest BCUT2D eigenvalue weighted by atomic mass is 16.2. The summed E-state index contributed by atoms with van der Waals surface area (Å²) in [5.74, 6) is 0.314. The number of carbonyl (C=O) groups excluding carboxylic acids is 2. The van der Waals surface area contributed by atoms with Gasteiger partial charge in [0.25, 0.3) is 0 Å². The first kappa shape index (κ1) is 15.5. The minimum atomic E-state index is -0.405. The Morgan fingerprint density at radius 2 is 2.10 bits per heavy atom. The van der Waals surface area contributed by atoms with Crippen LogP contribution in [0.4, 0.5) is 0 Å². The molecule has 0 aliphatic carbocycles. The van der Waals surface area contributed by atoms with Gasteiger partial charge in [-0.25, -0.2) is 0 Å². The molecule has 1 saturated heterocycles. The highest BCUT2D eigenvalue weighted by molar-refractivity contribution is 5.96. The third-order valence-corrected chi connectivity index (χ3v) is 3.79. The van der Waals surface area contributed by atoms with Crippen LogP contribution in [0.3, 0.4) is 0 Å². The molecule has 1 fully saturated rings. The van der Waals surface area contributed by atoms with E-state index < -0.39 is 6.04 Å². The zero-order chi connectivity index (χ0) is 15.6. The van der Waals surface area contributed by atoms with Gasteiger partial charge in [0.2, 0.25) is 11.8 Å². The van der Waals surface area contributed by atoms with E-state index in [1.165, 1.54) is 0 Å². The number of rotatable bonds is 5. The first-order valence-electron chi connectivity index (χ1n) is 7.50. The third-order valence-electron chi connectivity index (χ3n) is 3.79. The lowest BCUT2D eigenvalue weighted by molar-refractivity contribution is -0.150. The largest absolute Gasteiger partial charge is 0.343 e. The number of nitrogens with one attached hydrogen (secondary N) is 1. The number of piperazine rings is 1. The first-order chi connectivity index (χ1) is 9.92. The molecule has 116 valence electrons. The zero-order valence-electron chi connectivity index (χ0n) is 13.2. The van der Waals surface area contributed by atoms with Gasteiger partial charge in [0, 0.05) is 25.4 Å². The maximum absolute atomic E-state index is 12.6. The molecular weight excluding hydrogens is 268 g/mol. The Morgan fingerprint density at radius 1 is 1.38 bits per heavy atom. The van der Waals surface area contributed by atoms with Crippen LogP contribution in [-0.4, -0.2) is 38.6 Å². The van der Waals surface area contributed by atoms with E-state index in [0.717, 1.165) is 5.56 Å². The molecule has 0 bridgehead atoms. The molecule has 2 amide bonds. The standard InChI is InChI=1S/C15H24N4O2/c1-5-12-15(21)19(9-11-7-16-18(4)8-11)13(6-10(2)3)14(20)17-12/h7-8,10,12-13H,5-6,9H2,1-4H3,(H,17,20). The van der Waals surface area contributed by atoms with Crippen molar-refractivity contribution in [1.82, 2.24) is 20.0 Å². The van der Waals surface area contributed by atoms with Crippen molar-refractivity contribution in [3.05, 3.63) is 18.0 Å². The van der Waals surface area contributed by atoms with Crippen LogP contribution >= 0.6 is 0 Å². The normalized spacial score (nSPS) is 22.8. The Morgan fingerprint density at radius 3 is 2.62 bits per heavy atom. The van der Waals surface area contributed by atoms with E-state index >= 15 is 0 Å². The number of hydrogen-bond acceptors (Lipinski definition) is 3. The second-order valence-corrected chi connectivity index (χ2v) is 6.10. The van der Waals surface area contributed by atoms with Crippen LogP contribution in [0.2, 0.25) is 0 Å². The number of carbonyl (C=O) groups is 2. The van der Waals surface area contributed by atoms with Crippen molar-refractivity contribution in [2.24, 2.45) is 13.0 Å². The Hall–Kier alpha value is -1.85. The van der Waals surface area contributed by atoms with Crippen molar-refractivity contribution in [3.8, 4) is 0 Å². The fourth-order valence-corrected chi connectivity index (χ4v) is 2.72. The average molecular weight is 292 g/mol. The molecule has 2 unspecified atom stereocenters. The molecule has 0 radical (unpaired) electrons. The number of hydrogen-bond donors (Lipinski definition) is 1. The van der Waals surface area contributed by atoms with Crippen molar-refractivity contribution in [2.75, 3.05) is 0 Å². The fourth-order valence-electron chi connectivity index (χ4n) is 2.72. The van der Waals surface area contributed by atoms with E-state index in [1.54, 1.807) is 15.8 Å². The van der Waals surface area contributed by atoms with E-state index in [2.05, 4.69) is 24.3 Å². The van der Waals surface area contributed by atoms with Crippen molar-refractivity contribution < 1.29 is 9.59 Å². The fraction of sp³-hybridized carbons (Fsp3) is 0.667. The summed E-state index contributed by atoms with van der Waals surface area (Å²) >= 11 is 0. The summed E-state index contributed by atoms with van der Waals surface area (Å²) in [6.07, 6.45) is 4.91. The van der Waals surface area contributed by atoms with Crippen molar-refractivity contribution >= 4 is 11.8 Å². The summed E-state index contributed by atoms with van der Waals surface area (Å²) < 4.78 is 1.71. The Kier molecular flexibility index (Phi) is 4.65. The quantitative estimate of drug-likeness (QED) is 0.883. The molecule has 2 atom stereocenters. The van der Waals surface area contributed by atoms with Crippen LogP contribution in [-0.2, 0) is 23.2 Å². The lowest BCUT2D eigenvalue weighted by atomic mass is 9.96. The zero-order valence-corrected chi connectivity index (χ0v) is 13.2. The van der Waals surface area contributed by atoms with Gasteiger partial charge in [-0.2, -0.15) is 5.10 Å². The smallest absolute Gasteiger partial charge is 0.246 e. The van der Waals surface area contributed by atoms with E-state index in [9.17, 15) is 9.59 Å². The topological polar surface area (TPSA) is 67.2 Å². The molecule has 1 aromatic heterocycles. The molecular formula is C15H24N4O2. The van der Waals surface area contributed by atoms with Crippen LogP contribution in [0.1, 0.15) is 39.2 Å². The molecule has 2 rings (SSSR count). The predicted octanol–water partition coefficient (Wildman–Crippen LogP) is 1.07. The summed E-state index contributed by atoms with van der Waals surface area (Å²) in [5, 5.41) is 6.97. The Bertz CT molecular complexity index is 523. The maximum atomic E-state index is 12.6. The van der Waals surface area contributed by atoms with Crippen LogP contribution < -0.4 is 5.32 Å². The highest BCUT2D eigenvalue weighted by Gasteiger charge is 2.39. The van der Waals surface area contributed by atoms with Gasteiger partial charge in [0.1, 0.15) is 12.1 Å². The molecule has 2 heterocycles. The van der Waals surface area contributed by atoms with Gasteiger partial charge in [-0.1, -0.05) is 20.8 Å². The molecule has 6 heteroatoms. The summed E-state index contributed by atoms with van der Waals surface area (Å²) in [5.41, 5.74) is 0.948. The third kappa shape index (κ3) is 3.43. The molecule has 1 aliphatic rings. The summed E-state index contributed by atoms with van der Waals surface area (Å²) in [6, 6.07) is -0.793.